The number of anilines is 2. The predicted octanol–water partition coefficient (Wildman–Crippen LogP) is 0.0193. The van der Waals surface area contributed by atoms with Crippen molar-refractivity contribution in [2.24, 2.45) is 0 Å². The molecule has 0 radical (unpaired) electrons. The average Bonchev–Trinajstić information content (AvgIpc) is 3.31. The number of nitrogens with two attached hydrogens (primary N) is 1. The molecule has 2 heterocycles. The fraction of sp³-hybridized carbons (Fsp3) is 0.500. The molecule has 21 heavy (non-hydrogen) atoms. The van der Waals surface area contributed by atoms with Gasteiger partial charge in [-0.3, -0.25) is 4.79 Å². The molecule has 0 bridgehead atoms. The summed E-state index contributed by atoms with van der Waals surface area (Å²) < 4.78 is 5.42. The molecule has 3 N–H and O–H groups in total. The van der Waals surface area contributed by atoms with Gasteiger partial charge >= 0.3 is 0 Å². The molecule has 110 valence electrons. The first kappa shape index (κ1) is 13.6. The summed E-state index contributed by atoms with van der Waals surface area (Å²) in [6, 6.07) is 3.50. The number of carbonyl (C=O) groups is 1. The zero-order valence-corrected chi connectivity index (χ0v) is 11.6. The van der Waals surface area contributed by atoms with E-state index in [4.69, 9.17) is 10.5 Å². The number of ether oxygens (including phenoxy) is 1. The lowest BCUT2D eigenvalue weighted by atomic mass is 10.1. The number of rotatable bonds is 3. The van der Waals surface area contributed by atoms with Gasteiger partial charge in [0.2, 0.25) is 5.91 Å². The van der Waals surface area contributed by atoms with Gasteiger partial charge in [0.1, 0.15) is 17.9 Å². The topological polar surface area (TPSA) is 104 Å². The van der Waals surface area contributed by atoms with Crippen molar-refractivity contribution in [3.05, 3.63) is 17.8 Å². The number of aromatic nitrogens is 1. The van der Waals surface area contributed by atoms with Crippen molar-refractivity contribution in [1.82, 2.24) is 10.3 Å². The SMILES string of the molecule is N#Cc1cc(N)cnc1N1CCOCC1C(=O)NC1CC1. The van der Waals surface area contributed by atoms with E-state index in [9.17, 15) is 10.1 Å². The molecule has 1 aliphatic heterocycles. The first-order valence-electron chi connectivity index (χ1n) is 6.99. The van der Waals surface area contributed by atoms with Crippen LogP contribution in [-0.4, -0.2) is 42.7 Å². The number of nitrogens with one attached hydrogen (secondary N) is 1. The second kappa shape index (κ2) is 5.58. The van der Waals surface area contributed by atoms with Gasteiger partial charge in [-0.25, -0.2) is 4.98 Å². The maximum Gasteiger partial charge on any atom is 0.245 e. The average molecular weight is 287 g/mol. The zero-order valence-electron chi connectivity index (χ0n) is 11.6. The highest BCUT2D eigenvalue weighted by Gasteiger charge is 2.34. The molecular weight excluding hydrogens is 270 g/mol. The van der Waals surface area contributed by atoms with Crippen molar-refractivity contribution in [2.45, 2.75) is 24.9 Å². The fourth-order valence-corrected chi connectivity index (χ4v) is 2.38. The van der Waals surface area contributed by atoms with Crippen LogP contribution in [0.2, 0.25) is 0 Å². The van der Waals surface area contributed by atoms with Crippen LogP contribution in [-0.2, 0) is 9.53 Å². The lowest BCUT2D eigenvalue weighted by Crippen LogP contribution is -2.54. The third kappa shape index (κ3) is 2.90. The second-order valence-electron chi connectivity index (χ2n) is 5.32. The molecule has 0 spiro atoms. The van der Waals surface area contributed by atoms with Crippen LogP contribution in [0.15, 0.2) is 12.3 Å². The van der Waals surface area contributed by atoms with E-state index in [2.05, 4.69) is 16.4 Å². The zero-order chi connectivity index (χ0) is 14.8. The summed E-state index contributed by atoms with van der Waals surface area (Å²) in [5.74, 6) is 0.422. The van der Waals surface area contributed by atoms with Crippen molar-refractivity contribution in [3.8, 4) is 6.07 Å². The molecule has 2 fully saturated rings. The summed E-state index contributed by atoms with van der Waals surface area (Å²) in [5.41, 5.74) is 6.47. The Balaban J connectivity index is 1.86. The maximum atomic E-state index is 12.3. The van der Waals surface area contributed by atoms with Crippen LogP contribution in [0.25, 0.3) is 0 Å². The first-order valence-corrected chi connectivity index (χ1v) is 6.99. The van der Waals surface area contributed by atoms with Crippen LogP contribution in [0.5, 0.6) is 0 Å². The van der Waals surface area contributed by atoms with E-state index in [-0.39, 0.29) is 11.9 Å². The number of morpholine rings is 1. The van der Waals surface area contributed by atoms with Crippen molar-refractivity contribution < 1.29 is 9.53 Å². The van der Waals surface area contributed by atoms with Crippen LogP contribution in [0, 0.1) is 11.3 Å². The van der Waals surface area contributed by atoms with Gasteiger partial charge in [0, 0.05) is 12.6 Å². The molecule has 3 rings (SSSR count). The number of nitrogens with zero attached hydrogens (tertiary/aromatic N) is 3. The molecule has 1 aromatic rings. The standard InChI is InChI=1S/C14H17N5O2/c15-6-9-5-10(16)7-17-13(9)19-3-4-21-8-12(19)14(20)18-11-1-2-11/h5,7,11-12H,1-4,8,16H2,(H,18,20). The van der Waals surface area contributed by atoms with Gasteiger partial charge in [0.25, 0.3) is 0 Å². The van der Waals surface area contributed by atoms with Gasteiger partial charge in [-0.1, -0.05) is 0 Å². The van der Waals surface area contributed by atoms with Crippen molar-refractivity contribution in [2.75, 3.05) is 30.4 Å². The van der Waals surface area contributed by atoms with E-state index in [1.807, 2.05) is 4.90 Å². The van der Waals surface area contributed by atoms with Crippen molar-refractivity contribution in [1.29, 1.82) is 5.26 Å². The number of hydrogen-bond acceptors (Lipinski definition) is 6. The fourth-order valence-electron chi connectivity index (χ4n) is 2.38. The summed E-state index contributed by atoms with van der Waals surface area (Å²) in [5, 5.41) is 12.2. The van der Waals surface area contributed by atoms with Crippen molar-refractivity contribution in [3.63, 3.8) is 0 Å². The lowest BCUT2D eigenvalue weighted by molar-refractivity contribution is -0.124. The second-order valence-corrected chi connectivity index (χ2v) is 5.32. The van der Waals surface area contributed by atoms with Gasteiger partial charge in [-0.05, 0) is 18.9 Å². The molecule has 7 nitrogen and oxygen atoms in total. The molecule has 1 saturated carbocycles. The van der Waals surface area contributed by atoms with E-state index >= 15 is 0 Å². The normalized spacial score (nSPS) is 21.7. The number of hydrogen-bond donors (Lipinski definition) is 2. The summed E-state index contributed by atoms with van der Waals surface area (Å²) in [6.07, 6.45) is 3.56. The molecule has 7 heteroatoms. The molecular formula is C14H17N5O2. The number of pyridine rings is 1. The lowest BCUT2D eigenvalue weighted by Gasteiger charge is -2.35. The number of nitrogen functional groups attached to an aromatic ring is 1. The quantitative estimate of drug-likeness (QED) is 0.812. The molecule has 1 amide bonds. The van der Waals surface area contributed by atoms with Gasteiger partial charge in [-0.2, -0.15) is 5.26 Å². The van der Waals surface area contributed by atoms with Crippen LogP contribution in [0.4, 0.5) is 11.5 Å². The molecule has 1 unspecified atom stereocenters. The van der Waals surface area contributed by atoms with E-state index in [0.717, 1.165) is 12.8 Å². The Kier molecular flexibility index (Phi) is 3.62. The Hall–Kier alpha value is -2.33. The Morgan fingerprint density at radius 2 is 2.38 bits per heavy atom. The summed E-state index contributed by atoms with van der Waals surface area (Å²) in [4.78, 5) is 18.4. The highest BCUT2D eigenvalue weighted by Crippen LogP contribution is 2.24. The summed E-state index contributed by atoms with van der Waals surface area (Å²) in [7, 11) is 0. The van der Waals surface area contributed by atoms with Crippen LogP contribution in [0.1, 0.15) is 18.4 Å². The minimum atomic E-state index is -0.456. The van der Waals surface area contributed by atoms with E-state index in [1.54, 1.807) is 6.07 Å². The Morgan fingerprint density at radius 3 is 3.10 bits per heavy atom. The Morgan fingerprint density at radius 1 is 1.57 bits per heavy atom. The highest BCUT2D eigenvalue weighted by molar-refractivity contribution is 5.86. The Bertz CT molecular complexity index is 594. The molecule has 1 aliphatic carbocycles. The molecule has 0 aromatic carbocycles. The number of nitriles is 1. The van der Waals surface area contributed by atoms with Crippen LogP contribution >= 0.6 is 0 Å². The van der Waals surface area contributed by atoms with Crippen LogP contribution < -0.4 is 16.0 Å². The van der Waals surface area contributed by atoms with Gasteiger partial charge in [0.15, 0.2) is 0 Å². The Labute approximate surface area is 122 Å². The first-order chi connectivity index (χ1) is 10.2. The van der Waals surface area contributed by atoms with E-state index in [1.165, 1.54) is 6.20 Å². The third-order valence-electron chi connectivity index (χ3n) is 3.64. The monoisotopic (exact) mass is 287 g/mol. The minimum Gasteiger partial charge on any atom is -0.397 e. The summed E-state index contributed by atoms with van der Waals surface area (Å²) >= 11 is 0. The minimum absolute atomic E-state index is 0.0697. The summed E-state index contributed by atoms with van der Waals surface area (Å²) in [6.45, 7) is 1.33. The van der Waals surface area contributed by atoms with Crippen molar-refractivity contribution >= 4 is 17.4 Å². The largest absolute Gasteiger partial charge is 0.397 e. The maximum absolute atomic E-state index is 12.3. The predicted molar refractivity (Wildman–Crippen MR) is 76.5 cm³/mol. The molecule has 1 atom stereocenters. The van der Waals surface area contributed by atoms with E-state index < -0.39 is 6.04 Å². The van der Waals surface area contributed by atoms with Gasteiger partial charge < -0.3 is 20.7 Å². The van der Waals surface area contributed by atoms with E-state index in [0.29, 0.717) is 36.8 Å². The molecule has 1 aromatic heterocycles. The van der Waals surface area contributed by atoms with Crippen LogP contribution in [0.3, 0.4) is 0 Å². The highest BCUT2D eigenvalue weighted by atomic mass is 16.5. The third-order valence-corrected chi connectivity index (χ3v) is 3.64. The number of amides is 1. The van der Waals surface area contributed by atoms with Gasteiger partial charge in [-0.15, -0.1) is 0 Å². The molecule has 2 aliphatic rings. The number of carbonyl (C=O) groups excluding carboxylic acids is 1. The van der Waals surface area contributed by atoms with Gasteiger partial charge in [0.05, 0.1) is 30.7 Å². The smallest absolute Gasteiger partial charge is 0.245 e. The molecule has 1 saturated heterocycles.